The number of rotatable bonds is 14. The predicted molar refractivity (Wildman–Crippen MR) is 133 cm³/mol. The van der Waals surface area contributed by atoms with E-state index >= 15 is 0 Å². The van der Waals surface area contributed by atoms with Gasteiger partial charge in [-0.05, 0) is 68.7 Å². The van der Waals surface area contributed by atoms with Crippen LogP contribution in [0.5, 0.6) is 11.5 Å². The first-order valence-corrected chi connectivity index (χ1v) is 12.0. The van der Waals surface area contributed by atoms with E-state index in [2.05, 4.69) is 12.2 Å². The van der Waals surface area contributed by atoms with Crippen molar-refractivity contribution < 1.29 is 23.8 Å². The molecule has 2 aromatic rings. The van der Waals surface area contributed by atoms with E-state index in [0.717, 1.165) is 18.6 Å². The van der Waals surface area contributed by atoms with E-state index in [1.807, 2.05) is 62.4 Å². The number of anilines is 1. The van der Waals surface area contributed by atoms with E-state index in [0.29, 0.717) is 62.0 Å². The Labute approximate surface area is 201 Å². The van der Waals surface area contributed by atoms with Crippen molar-refractivity contribution in [3.05, 3.63) is 59.8 Å². The topological polar surface area (TPSA) is 77.1 Å². The maximum atomic E-state index is 13.3. The number of hydrogen-bond donors (Lipinski definition) is 1. The number of hydrogen-bond acceptors (Lipinski definition) is 6. The average Bonchev–Trinajstić information content (AvgIpc) is 3.07. The number of ether oxygens (including phenoxy) is 3. The Morgan fingerprint density at radius 1 is 0.765 bits per heavy atom. The number of carbonyl (C=O) groups is 2. The third kappa shape index (κ3) is 6.38. The van der Waals surface area contributed by atoms with Gasteiger partial charge in [0.1, 0.15) is 17.2 Å². The fourth-order valence-electron chi connectivity index (χ4n) is 3.67. The highest BCUT2D eigenvalue weighted by atomic mass is 16.5. The van der Waals surface area contributed by atoms with Crippen LogP contribution in [0, 0.1) is 0 Å². The highest BCUT2D eigenvalue weighted by Crippen LogP contribution is 2.32. The Bertz CT molecular complexity index is 983. The molecule has 3 rings (SSSR count). The van der Waals surface area contributed by atoms with Crippen molar-refractivity contribution in [2.24, 2.45) is 0 Å². The lowest BCUT2D eigenvalue weighted by atomic mass is 10.0. The van der Waals surface area contributed by atoms with E-state index in [-0.39, 0.29) is 17.5 Å². The zero-order chi connectivity index (χ0) is 24.3. The van der Waals surface area contributed by atoms with E-state index < -0.39 is 0 Å². The molecule has 2 amide bonds. The molecule has 0 unspecified atom stereocenters. The van der Waals surface area contributed by atoms with Gasteiger partial charge in [0.25, 0.3) is 11.8 Å². The van der Waals surface area contributed by atoms with E-state index in [9.17, 15) is 9.59 Å². The third-order valence-corrected chi connectivity index (χ3v) is 5.37. The SMILES string of the molecule is CCCCOCCCN1C(=O)C(Nc2ccc(OCC)cc2)=C(c2ccc(OCC)cc2)C1=O. The molecule has 1 aliphatic rings. The first-order chi connectivity index (χ1) is 16.6. The van der Waals surface area contributed by atoms with Crippen molar-refractivity contribution in [3.63, 3.8) is 0 Å². The second kappa shape index (κ2) is 12.8. The number of benzene rings is 2. The van der Waals surface area contributed by atoms with E-state index in [4.69, 9.17) is 14.2 Å². The fraction of sp³-hybridized carbons (Fsp3) is 0.407. The third-order valence-electron chi connectivity index (χ3n) is 5.37. The maximum Gasteiger partial charge on any atom is 0.278 e. The van der Waals surface area contributed by atoms with Crippen LogP contribution in [-0.2, 0) is 14.3 Å². The van der Waals surface area contributed by atoms with Crippen LogP contribution in [0.4, 0.5) is 5.69 Å². The number of nitrogens with one attached hydrogen (secondary N) is 1. The smallest absolute Gasteiger partial charge is 0.278 e. The van der Waals surface area contributed by atoms with Crippen LogP contribution in [0.25, 0.3) is 5.57 Å². The van der Waals surface area contributed by atoms with Crippen molar-refractivity contribution in [1.29, 1.82) is 0 Å². The Kier molecular flexibility index (Phi) is 9.52. The van der Waals surface area contributed by atoms with Crippen LogP contribution in [0.3, 0.4) is 0 Å². The first-order valence-electron chi connectivity index (χ1n) is 12.0. The van der Waals surface area contributed by atoms with Gasteiger partial charge >= 0.3 is 0 Å². The van der Waals surface area contributed by atoms with Gasteiger partial charge in [-0.25, -0.2) is 0 Å². The number of nitrogens with zero attached hydrogens (tertiary/aromatic N) is 1. The summed E-state index contributed by atoms with van der Waals surface area (Å²) in [5.74, 6) is 0.811. The molecule has 1 aliphatic heterocycles. The normalized spacial score (nSPS) is 13.6. The lowest BCUT2D eigenvalue weighted by Crippen LogP contribution is -2.34. The van der Waals surface area contributed by atoms with Gasteiger partial charge in [-0.2, -0.15) is 0 Å². The number of imide groups is 1. The zero-order valence-corrected chi connectivity index (χ0v) is 20.3. The van der Waals surface area contributed by atoms with Crippen molar-refractivity contribution in [2.45, 2.75) is 40.0 Å². The van der Waals surface area contributed by atoms with Gasteiger partial charge in [0.15, 0.2) is 0 Å². The molecule has 0 saturated carbocycles. The van der Waals surface area contributed by atoms with Crippen molar-refractivity contribution in [2.75, 3.05) is 38.3 Å². The second-order valence-electron chi connectivity index (χ2n) is 7.87. The standard InChI is InChI=1S/C27H34N2O5/c1-4-7-18-32-19-8-17-29-26(30)24(20-9-13-22(14-10-20)33-5-2)25(27(29)31)28-21-11-15-23(16-12-21)34-6-3/h9-16,28H,4-8,17-19H2,1-3H3. The Morgan fingerprint density at radius 3 is 1.94 bits per heavy atom. The van der Waals surface area contributed by atoms with Gasteiger partial charge < -0.3 is 19.5 Å². The summed E-state index contributed by atoms with van der Waals surface area (Å²) < 4.78 is 16.6. The molecule has 0 aliphatic carbocycles. The van der Waals surface area contributed by atoms with Gasteiger partial charge in [0.2, 0.25) is 0 Å². The molecule has 1 heterocycles. The van der Waals surface area contributed by atoms with Crippen molar-refractivity contribution in [3.8, 4) is 11.5 Å². The summed E-state index contributed by atoms with van der Waals surface area (Å²) in [5, 5.41) is 3.18. The summed E-state index contributed by atoms with van der Waals surface area (Å²) in [6.07, 6.45) is 2.66. The summed E-state index contributed by atoms with van der Waals surface area (Å²) in [6.45, 7) is 8.58. The maximum absolute atomic E-state index is 13.3. The molecule has 0 bridgehead atoms. The van der Waals surface area contributed by atoms with Gasteiger partial charge in [0, 0.05) is 25.4 Å². The summed E-state index contributed by atoms with van der Waals surface area (Å²) in [4.78, 5) is 27.9. The Balaban J connectivity index is 1.82. The summed E-state index contributed by atoms with van der Waals surface area (Å²) in [5.41, 5.74) is 1.99. The number of amides is 2. The summed E-state index contributed by atoms with van der Waals surface area (Å²) in [6, 6.07) is 14.5. The lowest BCUT2D eigenvalue weighted by molar-refractivity contribution is -0.137. The van der Waals surface area contributed by atoms with Crippen LogP contribution < -0.4 is 14.8 Å². The molecule has 0 aromatic heterocycles. The quantitative estimate of drug-likeness (QED) is 0.316. The summed E-state index contributed by atoms with van der Waals surface area (Å²) >= 11 is 0. The molecule has 0 radical (unpaired) electrons. The van der Waals surface area contributed by atoms with Gasteiger partial charge in [-0.15, -0.1) is 0 Å². The summed E-state index contributed by atoms with van der Waals surface area (Å²) in [7, 11) is 0. The van der Waals surface area contributed by atoms with Crippen LogP contribution in [0.2, 0.25) is 0 Å². The minimum absolute atomic E-state index is 0.269. The van der Waals surface area contributed by atoms with Crippen LogP contribution in [-0.4, -0.2) is 49.7 Å². The average molecular weight is 467 g/mol. The van der Waals surface area contributed by atoms with E-state index in [1.54, 1.807) is 0 Å². The monoisotopic (exact) mass is 466 g/mol. The highest BCUT2D eigenvalue weighted by molar-refractivity contribution is 6.36. The van der Waals surface area contributed by atoms with Crippen molar-refractivity contribution >= 4 is 23.1 Å². The molecular weight excluding hydrogens is 432 g/mol. The molecular formula is C27H34N2O5. The number of carbonyl (C=O) groups excluding carboxylic acids is 2. The molecule has 0 spiro atoms. The molecule has 7 nitrogen and oxygen atoms in total. The van der Waals surface area contributed by atoms with Gasteiger partial charge in [-0.3, -0.25) is 14.5 Å². The predicted octanol–water partition coefficient (Wildman–Crippen LogP) is 4.88. The van der Waals surface area contributed by atoms with E-state index in [1.165, 1.54) is 4.90 Å². The first kappa shape index (κ1) is 25.3. The van der Waals surface area contributed by atoms with Gasteiger partial charge in [0.05, 0.1) is 18.8 Å². The van der Waals surface area contributed by atoms with Crippen molar-refractivity contribution in [1.82, 2.24) is 4.90 Å². The molecule has 0 atom stereocenters. The molecule has 34 heavy (non-hydrogen) atoms. The molecule has 182 valence electrons. The molecule has 0 saturated heterocycles. The second-order valence-corrected chi connectivity index (χ2v) is 7.87. The zero-order valence-electron chi connectivity index (χ0n) is 20.3. The Hall–Kier alpha value is -3.32. The van der Waals surface area contributed by atoms with Crippen LogP contribution in [0.1, 0.15) is 45.6 Å². The molecule has 0 fully saturated rings. The molecule has 7 heteroatoms. The van der Waals surface area contributed by atoms with Crippen LogP contribution in [0.15, 0.2) is 54.2 Å². The fourth-order valence-corrected chi connectivity index (χ4v) is 3.67. The minimum atomic E-state index is -0.337. The molecule has 1 N–H and O–H groups in total. The molecule has 2 aromatic carbocycles. The Morgan fingerprint density at radius 2 is 1.35 bits per heavy atom. The minimum Gasteiger partial charge on any atom is -0.494 e. The highest BCUT2D eigenvalue weighted by Gasteiger charge is 2.38. The lowest BCUT2D eigenvalue weighted by Gasteiger charge is -2.15. The largest absolute Gasteiger partial charge is 0.494 e. The van der Waals surface area contributed by atoms with Crippen LogP contribution >= 0.6 is 0 Å². The van der Waals surface area contributed by atoms with Gasteiger partial charge in [-0.1, -0.05) is 25.5 Å². The number of unbranched alkanes of at least 4 members (excludes halogenated alkanes) is 1.